The van der Waals surface area contributed by atoms with E-state index in [0.29, 0.717) is 5.56 Å². The third-order valence-corrected chi connectivity index (χ3v) is 2.22. The van der Waals surface area contributed by atoms with Crippen molar-refractivity contribution < 1.29 is 13.9 Å². The molecule has 1 unspecified atom stereocenters. The van der Waals surface area contributed by atoms with Crippen LogP contribution in [0.25, 0.3) is 0 Å². The maximum absolute atomic E-state index is 12.8. The van der Waals surface area contributed by atoms with Crippen molar-refractivity contribution >= 4 is 6.09 Å². The zero-order valence-corrected chi connectivity index (χ0v) is 9.23. The predicted octanol–water partition coefficient (Wildman–Crippen LogP) is 0.649. The van der Waals surface area contributed by atoms with Crippen LogP contribution < -0.4 is 5.73 Å². The number of hydrogen-bond acceptors (Lipinski definition) is 5. The summed E-state index contributed by atoms with van der Waals surface area (Å²) in [6.45, 7) is 0.147. The van der Waals surface area contributed by atoms with Gasteiger partial charge >= 0.3 is 6.09 Å². The first-order chi connectivity index (χ1) is 8.65. The average Bonchev–Trinajstić information content (AvgIpc) is 2.81. The van der Waals surface area contributed by atoms with Crippen molar-refractivity contribution in [3.05, 3.63) is 42.0 Å². The Bertz CT molecular complexity index is 514. The van der Waals surface area contributed by atoms with Crippen molar-refractivity contribution in [3.8, 4) is 0 Å². The summed E-state index contributed by atoms with van der Waals surface area (Å²) in [7, 11) is 0. The van der Waals surface area contributed by atoms with Crippen LogP contribution in [0.2, 0.25) is 0 Å². The fourth-order valence-corrected chi connectivity index (χ4v) is 1.45. The lowest BCUT2D eigenvalue weighted by molar-refractivity contribution is 0.0900. The van der Waals surface area contributed by atoms with Gasteiger partial charge in [-0.15, -0.1) is 10.2 Å². The zero-order chi connectivity index (χ0) is 13.0. The Kier molecular flexibility index (Phi) is 3.46. The fraction of sp³-hybridized carbons (Fsp3) is 0.200. The van der Waals surface area contributed by atoms with E-state index >= 15 is 0 Å². The molecule has 0 aliphatic rings. The maximum atomic E-state index is 12.8. The third kappa shape index (κ3) is 3.00. The number of ether oxygens (including phenoxy) is 1. The van der Waals surface area contributed by atoms with Crippen molar-refractivity contribution in [2.75, 3.05) is 0 Å². The molecule has 94 valence electrons. The van der Waals surface area contributed by atoms with E-state index in [2.05, 4.69) is 15.4 Å². The topological polar surface area (TPSA) is 95.9 Å². The summed E-state index contributed by atoms with van der Waals surface area (Å²) >= 11 is 0. The lowest BCUT2D eigenvalue weighted by atomic mass is 10.1. The molecule has 0 spiro atoms. The summed E-state index contributed by atoms with van der Waals surface area (Å²) in [5.41, 5.74) is 5.58. The highest BCUT2D eigenvalue weighted by molar-refractivity contribution is 5.65. The number of hydrogen-bond donors (Lipinski definition) is 1. The van der Waals surface area contributed by atoms with E-state index in [1.165, 1.54) is 35.4 Å². The third-order valence-electron chi connectivity index (χ3n) is 2.22. The molecule has 1 aromatic heterocycles. The van der Waals surface area contributed by atoms with E-state index in [9.17, 15) is 9.18 Å². The Morgan fingerprint density at radius 2 is 2.17 bits per heavy atom. The summed E-state index contributed by atoms with van der Waals surface area (Å²) in [6, 6.07) is 5.53. The molecule has 1 aromatic carbocycles. The number of primary amides is 1. The second-order valence-electron chi connectivity index (χ2n) is 3.47. The number of amides is 1. The van der Waals surface area contributed by atoms with Gasteiger partial charge in [-0.2, -0.15) is 4.80 Å². The second-order valence-corrected chi connectivity index (χ2v) is 3.47. The van der Waals surface area contributed by atoms with Gasteiger partial charge in [0.15, 0.2) is 12.4 Å². The fourth-order valence-electron chi connectivity index (χ4n) is 1.45. The number of nitrogens with two attached hydrogens (primary N) is 1. The van der Waals surface area contributed by atoms with Gasteiger partial charge < -0.3 is 10.5 Å². The minimum absolute atomic E-state index is 0.147. The molecule has 18 heavy (non-hydrogen) atoms. The molecule has 2 aromatic rings. The summed E-state index contributed by atoms with van der Waals surface area (Å²) in [5.74, 6) is -0.379. The molecule has 1 amide bonds. The Morgan fingerprint density at radius 1 is 1.44 bits per heavy atom. The van der Waals surface area contributed by atoms with Crippen molar-refractivity contribution in [1.82, 2.24) is 20.2 Å². The molecule has 0 aliphatic carbocycles. The van der Waals surface area contributed by atoms with Gasteiger partial charge in [0.05, 0.1) is 0 Å². The van der Waals surface area contributed by atoms with Crippen LogP contribution in [0, 0.1) is 5.82 Å². The molecule has 1 atom stereocenters. The van der Waals surface area contributed by atoms with Crippen LogP contribution in [0.5, 0.6) is 0 Å². The largest absolute Gasteiger partial charge is 0.439 e. The monoisotopic (exact) mass is 251 g/mol. The van der Waals surface area contributed by atoms with Crippen LogP contribution in [0.3, 0.4) is 0 Å². The zero-order valence-electron chi connectivity index (χ0n) is 9.23. The molecule has 0 radical (unpaired) electrons. The smallest absolute Gasteiger partial charge is 0.405 e. The van der Waals surface area contributed by atoms with E-state index < -0.39 is 12.2 Å². The second kappa shape index (κ2) is 5.21. The first-order valence-corrected chi connectivity index (χ1v) is 5.07. The van der Waals surface area contributed by atoms with Crippen LogP contribution >= 0.6 is 0 Å². The van der Waals surface area contributed by atoms with Crippen LogP contribution in [-0.4, -0.2) is 26.3 Å². The van der Waals surface area contributed by atoms with E-state index in [0.717, 1.165) is 0 Å². The standard InChI is InChI=1S/C10H10FN5O2/c11-8-3-1-7(2-4-8)9(18-10(12)17)5-16-14-6-13-15-16/h1-4,6,9H,5H2,(H2,12,17). The Hall–Kier alpha value is -2.51. The van der Waals surface area contributed by atoms with Gasteiger partial charge in [-0.1, -0.05) is 12.1 Å². The highest BCUT2D eigenvalue weighted by atomic mass is 19.1. The van der Waals surface area contributed by atoms with E-state index in [1.54, 1.807) is 0 Å². The molecule has 0 aliphatic heterocycles. The number of rotatable bonds is 4. The maximum Gasteiger partial charge on any atom is 0.405 e. The predicted molar refractivity (Wildman–Crippen MR) is 57.6 cm³/mol. The Labute approximate surface area is 101 Å². The van der Waals surface area contributed by atoms with Gasteiger partial charge in [0, 0.05) is 0 Å². The average molecular weight is 251 g/mol. The number of nitrogens with zero attached hydrogens (tertiary/aromatic N) is 4. The van der Waals surface area contributed by atoms with Gasteiger partial charge in [-0.05, 0) is 22.9 Å². The number of benzene rings is 1. The molecule has 7 nitrogen and oxygen atoms in total. The lowest BCUT2D eigenvalue weighted by Crippen LogP contribution is -2.22. The molecule has 0 saturated heterocycles. The molecular weight excluding hydrogens is 241 g/mol. The first-order valence-electron chi connectivity index (χ1n) is 5.07. The number of carbonyl (C=O) groups is 1. The van der Waals surface area contributed by atoms with Gasteiger partial charge in [-0.25, -0.2) is 9.18 Å². The van der Waals surface area contributed by atoms with E-state index in [4.69, 9.17) is 10.5 Å². The highest BCUT2D eigenvalue weighted by Crippen LogP contribution is 2.19. The lowest BCUT2D eigenvalue weighted by Gasteiger charge is -2.15. The summed E-state index contributed by atoms with van der Waals surface area (Å²) in [5, 5.41) is 11.0. The Morgan fingerprint density at radius 3 is 2.72 bits per heavy atom. The van der Waals surface area contributed by atoms with Crippen LogP contribution in [0.1, 0.15) is 11.7 Å². The summed E-state index contributed by atoms with van der Waals surface area (Å²) < 4.78 is 17.8. The van der Waals surface area contributed by atoms with Crippen LogP contribution in [-0.2, 0) is 11.3 Å². The molecular formula is C10H10FN5O2. The first kappa shape index (κ1) is 12.0. The van der Waals surface area contributed by atoms with Gasteiger partial charge in [-0.3, -0.25) is 0 Å². The SMILES string of the molecule is NC(=O)OC(Cn1ncnn1)c1ccc(F)cc1. The molecule has 0 saturated carbocycles. The quantitative estimate of drug-likeness (QED) is 0.860. The molecule has 0 fully saturated rings. The minimum Gasteiger partial charge on any atom is -0.439 e. The number of aromatic nitrogens is 4. The van der Waals surface area contributed by atoms with Crippen molar-refractivity contribution in [3.63, 3.8) is 0 Å². The van der Waals surface area contributed by atoms with Gasteiger partial charge in [0.2, 0.25) is 0 Å². The highest BCUT2D eigenvalue weighted by Gasteiger charge is 2.17. The normalized spacial score (nSPS) is 12.1. The minimum atomic E-state index is -0.926. The van der Waals surface area contributed by atoms with E-state index in [-0.39, 0.29) is 12.4 Å². The Balaban J connectivity index is 2.19. The van der Waals surface area contributed by atoms with Gasteiger partial charge in [0.25, 0.3) is 0 Å². The molecule has 0 bridgehead atoms. The van der Waals surface area contributed by atoms with Crippen molar-refractivity contribution in [2.45, 2.75) is 12.6 Å². The number of tetrazole rings is 1. The number of halogens is 1. The molecule has 2 rings (SSSR count). The summed E-state index contributed by atoms with van der Waals surface area (Å²) in [4.78, 5) is 12.1. The van der Waals surface area contributed by atoms with Crippen LogP contribution in [0.4, 0.5) is 9.18 Å². The molecule has 1 heterocycles. The molecule has 2 N–H and O–H groups in total. The molecule has 8 heteroatoms. The number of carbonyl (C=O) groups excluding carboxylic acids is 1. The van der Waals surface area contributed by atoms with Crippen molar-refractivity contribution in [2.24, 2.45) is 5.73 Å². The van der Waals surface area contributed by atoms with Crippen LogP contribution in [0.15, 0.2) is 30.6 Å². The van der Waals surface area contributed by atoms with Gasteiger partial charge in [0.1, 0.15) is 12.4 Å². The van der Waals surface area contributed by atoms with E-state index in [1.807, 2.05) is 0 Å². The summed E-state index contributed by atoms with van der Waals surface area (Å²) in [6.07, 6.45) is -0.367. The van der Waals surface area contributed by atoms with Crippen molar-refractivity contribution in [1.29, 1.82) is 0 Å².